The molecule has 2 aromatic rings. The van der Waals surface area contributed by atoms with E-state index in [1.54, 1.807) is 6.07 Å². The van der Waals surface area contributed by atoms with Gasteiger partial charge in [-0.2, -0.15) is 0 Å². The van der Waals surface area contributed by atoms with E-state index < -0.39 is 30.0 Å². The van der Waals surface area contributed by atoms with Crippen LogP contribution in [0.15, 0.2) is 18.2 Å². The molecule has 1 fully saturated rings. The van der Waals surface area contributed by atoms with Gasteiger partial charge < -0.3 is 9.31 Å². The Morgan fingerprint density at radius 1 is 1.00 bits per heavy atom. The predicted molar refractivity (Wildman–Crippen MR) is 77.5 cm³/mol. The fraction of sp³-hybridized carbons (Fsp3) is 0.429. The Balaban J connectivity index is 2.05. The minimum atomic E-state index is -0.587. The normalized spacial score (nSPS) is 20.8. The van der Waals surface area contributed by atoms with Gasteiger partial charge in [-0.3, -0.25) is 0 Å². The summed E-state index contributed by atoms with van der Waals surface area (Å²) < 4.78 is 40.3. The molecule has 0 spiro atoms. The van der Waals surface area contributed by atoms with E-state index in [4.69, 9.17) is 9.31 Å². The van der Waals surface area contributed by atoms with Crippen molar-refractivity contribution in [3.63, 3.8) is 0 Å². The van der Waals surface area contributed by atoms with Gasteiger partial charge in [0.2, 0.25) is 0 Å². The van der Waals surface area contributed by atoms with Crippen LogP contribution in [0.5, 0.6) is 0 Å². The molecule has 1 aliphatic heterocycles. The lowest BCUT2D eigenvalue weighted by molar-refractivity contribution is 0.00578. The first-order chi connectivity index (χ1) is 9.21. The van der Waals surface area contributed by atoms with Crippen LogP contribution >= 0.6 is 11.3 Å². The Bertz CT molecular complexity index is 626. The molecule has 1 aromatic carbocycles. The van der Waals surface area contributed by atoms with Gasteiger partial charge in [-0.25, -0.2) is 8.78 Å². The Morgan fingerprint density at radius 2 is 1.55 bits per heavy atom. The molecule has 20 heavy (non-hydrogen) atoms. The van der Waals surface area contributed by atoms with Crippen LogP contribution in [0, 0.1) is 11.6 Å². The van der Waals surface area contributed by atoms with Gasteiger partial charge in [0.25, 0.3) is 0 Å². The molecule has 0 radical (unpaired) electrons. The van der Waals surface area contributed by atoms with Crippen LogP contribution in [0.3, 0.4) is 0 Å². The third-order valence-electron chi connectivity index (χ3n) is 4.09. The largest absolute Gasteiger partial charge is 0.505 e. The van der Waals surface area contributed by atoms with Crippen molar-refractivity contribution in [3.05, 3.63) is 29.8 Å². The van der Waals surface area contributed by atoms with E-state index in [1.165, 1.54) is 11.3 Å². The Kier molecular flexibility index (Phi) is 2.98. The fourth-order valence-electron chi connectivity index (χ4n) is 2.15. The molecule has 106 valence electrons. The summed E-state index contributed by atoms with van der Waals surface area (Å²) in [5.41, 5.74) is -0.935. The second-order valence-electron chi connectivity index (χ2n) is 6.01. The third kappa shape index (κ3) is 1.98. The standard InChI is InChI=1S/C14H15BF2O2S/c1-13(2)14(3,4)19-15(18-13)11-7-8-9(16)5-6-10(17)12(8)20-11/h5-7H,1-4H3. The molecule has 1 aliphatic rings. The quantitative estimate of drug-likeness (QED) is 0.750. The lowest BCUT2D eigenvalue weighted by atomic mass is 9.87. The number of fused-ring (bicyclic) bond motifs is 1. The summed E-state index contributed by atoms with van der Waals surface area (Å²) in [5.74, 6) is -0.852. The summed E-state index contributed by atoms with van der Waals surface area (Å²) in [7, 11) is -0.587. The average Bonchev–Trinajstić information content (AvgIpc) is 2.86. The maximum Gasteiger partial charge on any atom is 0.505 e. The Hall–Kier alpha value is -0.975. The SMILES string of the molecule is CC1(C)OB(c2cc3c(F)ccc(F)c3s2)OC1(C)C. The van der Waals surface area contributed by atoms with Crippen molar-refractivity contribution in [2.75, 3.05) is 0 Å². The second-order valence-corrected chi connectivity index (χ2v) is 7.09. The minimum Gasteiger partial charge on any atom is -0.399 e. The van der Waals surface area contributed by atoms with E-state index in [9.17, 15) is 8.78 Å². The molecule has 0 N–H and O–H groups in total. The van der Waals surface area contributed by atoms with E-state index in [1.807, 2.05) is 27.7 Å². The number of halogens is 2. The molecule has 0 amide bonds. The zero-order valence-corrected chi connectivity index (χ0v) is 12.6. The van der Waals surface area contributed by atoms with Crippen molar-refractivity contribution in [2.24, 2.45) is 0 Å². The van der Waals surface area contributed by atoms with Gasteiger partial charge in [0, 0.05) is 10.2 Å². The summed E-state index contributed by atoms with van der Waals surface area (Å²) in [6.45, 7) is 7.78. The summed E-state index contributed by atoms with van der Waals surface area (Å²) in [4.78, 5) is 0. The van der Waals surface area contributed by atoms with E-state index in [0.29, 0.717) is 9.48 Å². The lowest BCUT2D eigenvalue weighted by Gasteiger charge is -2.32. The molecule has 0 aliphatic carbocycles. The third-order valence-corrected chi connectivity index (χ3v) is 5.25. The van der Waals surface area contributed by atoms with Gasteiger partial charge in [-0.05, 0) is 45.9 Å². The van der Waals surface area contributed by atoms with Gasteiger partial charge in [0.1, 0.15) is 11.6 Å². The van der Waals surface area contributed by atoms with Crippen LogP contribution < -0.4 is 4.78 Å². The van der Waals surface area contributed by atoms with Gasteiger partial charge in [0.15, 0.2) is 0 Å². The predicted octanol–water partition coefficient (Wildman–Crippen LogP) is 3.48. The van der Waals surface area contributed by atoms with Crippen molar-refractivity contribution < 1.29 is 18.1 Å². The van der Waals surface area contributed by atoms with Gasteiger partial charge >= 0.3 is 7.12 Å². The topological polar surface area (TPSA) is 18.5 Å². The highest BCUT2D eigenvalue weighted by atomic mass is 32.1. The molecule has 1 saturated heterocycles. The number of hydrogen-bond acceptors (Lipinski definition) is 3. The van der Waals surface area contributed by atoms with Crippen LogP contribution in [0.1, 0.15) is 27.7 Å². The van der Waals surface area contributed by atoms with Crippen LogP contribution in [0.2, 0.25) is 0 Å². The van der Waals surface area contributed by atoms with Crippen molar-refractivity contribution in [3.8, 4) is 0 Å². The molecule has 0 atom stereocenters. The maximum absolute atomic E-state index is 13.7. The van der Waals surface area contributed by atoms with Gasteiger partial charge in [0.05, 0.1) is 15.9 Å². The molecule has 0 bridgehead atoms. The highest BCUT2D eigenvalue weighted by Crippen LogP contribution is 2.37. The highest BCUT2D eigenvalue weighted by molar-refractivity contribution is 7.28. The first-order valence-corrected chi connectivity index (χ1v) is 7.26. The first kappa shape index (κ1) is 14.0. The number of benzene rings is 1. The van der Waals surface area contributed by atoms with Crippen molar-refractivity contribution >= 4 is 33.3 Å². The second kappa shape index (κ2) is 4.26. The van der Waals surface area contributed by atoms with Crippen molar-refractivity contribution in [1.82, 2.24) is 0 Å². The molecule has 6 heteroatoms. The Morgan fingerprint density at radius 3 is 2.10 bits per heavy atom. The zero-order valence-electron chi connectivity index (χ0n) is 11.8. The molecular formula is C14H15BF2O2S. The molecule has 0 unspecified atom stereocenters. The van der Waals surface area contributed by atoms with Crippen LogP contribution in [0.4, 0.5) is 8.78 Å². The van der Waals surface area contributed by atoms with Crippen molar-refractivity contribution in [2.45, 2.75) is 38.9 Å². The fourth-order valence-corrected chi connectivity index (χ4v) is 3.19. The van der Waals surface area contributed by atoms with Crippen LogP contribution in [-0.4, -0.2) is 18.3 Å². The first-order valence-electron chi connectivity index (χ1n) is 6.44. The molecule has 2 nitrogen and oxygen atoms in total. The van der Waals surface area contributed by atoms with E-state index in [0.717, 1.165) is 12.1 Å². The summed E-state index contributed by atoms with van der Waals surface area (Å²) in [5, 5.41) is 0.278. The smallest absolute Gasteiger partial charge is 0.399 e. The number of thiophene rings is 1. The highest BCUT2D eigenvalue weighted by Gasteiger charge is 2.52. The van der Waals surface area contributed by atoms with Gasteiger partial charge in [-0.15, -0.1) is 11.3 Å². The molecule has 0 saturated carbocycles. The van der Waals surface area contributed by atoms with Crippen molar-refractivity contribution in [1.29, 1.82) is 0 Å². The summed E-state index contributed by atoms with van der Waals surface area (Å²) in [6, 6.07) is 3.89. The van der Waals surface area contributed by atoms with E-state index >= 15 is 0 Å². The molecule has 2 heterocycles. The summed E-state index contributed by atoms with van der Waals surface area (Å²) >= 11 is 1.17. The average molecular weight is 296 g/mol. The molecular weight excluding hydrogens is 281 g/mol. The molecule has 3 rings (SSSR count). The maximum atomic E-state index is 13.7. The number of hydrogen-bond donors (Lipinski definition) is 0. The van der Waals surface area contributed by atoms with Crippen LogP contribution in [-0.2, 0) is 9.31 Å². The number of rotatable bonds is 1. The summed E-state index contributed by atoms with van der Waals surface area (Å²) in [6.07, 6.45) is 0. The lowest BCUT2D eigenvalue weighted by Crippen LogP contribution is -2.41. The van der Waals surface area contributed by atoms with Gasteiger partial charge in [-0.1, -0.05) is 0 Å². The van der Waals surface area contributed by atoms with E-state index in [-0.39, 0.29) is 5.39 Å². The minimum absolute atomic E-state index is 0.278. The Labute approximate surface area is 120 Å². The van der Waals surface area contributed by atoms with E-state index in [2.05, 4.69) is 0 Å². The molecule has 1 aromatic heterocycles. The zero-order chi connectivity index (χ0) is 14.7. The monoisotopic (exact) mass is 296 g/mol. The van der Waals surface area contributed by atoms with Crippen LogP contribution in [0.25, 0.3) is 10.1 Å².